The third kappa shape index (κ3) is 3.25. The number of hydrogen-bond acceptors (Lipinski definition) is 3. The number of hydrogen-bond donors (Lipinski definition) is 0. The zero-order valence-corrected chi connectivity index (χ0v) is 14.5. The zero-order valence-electron chi connectivity index (χ0n) is 13.7. The lowest BCUT2D eigenvalue weighted by molar-refractivity contribution is 0.455. The van der Waals surface area contributed by atoms with E-state index in [-0.39, 0.29) is 17.0 Å². The molecule has 130 valence electrons. The molecule has 7 heteroatoms. The molecule has 0 aliphatic heterocycles. The highest BCUT2D eigenvalue weighted by Crippen LogP contribution is 2.27. The Morgan fingerprint density at radius 1 is 1.12 bits per heavy atom. The van der Waals surface area contributed by atoms with Gasteiger partial charge in [0.1, 0.15) is 11.6 Å². The Balaban J connectivity index is 2.03. The van der Waals surface area contributed by atoms with Crippen molar-refractivity contribution in [1.82, 2.24) is 9.29 Å². The molecule has 0 unspecified atom stereocenters. The fraction of sp³-hybridized carbons (Fsp3) is 0.167. The molecule has 3 rings (SSSR count). The first-order valence-corrected chi connectivity index (χ1v) is 8.99. The predicted molar refractivity (Wildman–Crippen MR) is 91.5 cm³/mol. The third-order valence-corrected chi connectivity index (χ3v) is 5.89. The largest absolute Gasteiger partial charge is 0.256 e. The molecule has 0 bridgehead atoms. The van der Waals surface area contributed by atoms with Crippen LogP contribution in [0, 0.1) is 18.6 Å². The first-order chi connectivity index (χ1) is 11.8. The highest BCUT2D eigenvalue weighted by molar-refractivity contribution is 7.89. The van der Waals surface area contributed by atoms with Crippen LogP contribution in [-0.2, 0) is 16.6 Å². The molecule has 2 aromatic carbocycles. The van der Waals surface area contributed by atoms with Gasteiger partial charge in [-0.05, 0) is 36.8 Å². The van der Waals surface area contributed by atoms with Crippen molar-refractivity contribution in [3.63, 3.8) is 0 Å². The minimum absolute atomic E-state index is 0.0991. The number of nitrogens with zero attached hydrogens (tertiary/aromatic N) is 2. The summed E-state index contributed by atoms with van der Waals surface area (Å²) in [7, 11) is -2.51. The van der Waals surface area contributed by atoms with Crippen LogP contribution < -0.4 is 0 Å². The maximum absolute atomic E-state index is 13.8. The van der Waals surface area contributed by atoms with Crippen molar-refractivity contribution in [2.75, 3.05) is 7.05 Å². The van der Waals surface area contributed by atoms with Gasteiger partial charge < -0.3 is 0 Å². The molecular formula is C18H16F2N2O2S. The van der Waals surface area contributed by atoms with Crippen LogP contribution in [-0.4, -0.2) is 24.8 Å². The van der Waals surface area contributed by atoms with Gasteiger partial charge >= 0.3 is 0 Å². The first-order valence-electron chi connectivity index (χ1n) is 7.55. The van der Waals surface area contributed by atoms with Crippen molar-refractivity contribution >= 4 is 20.9 Å². The van der Waals surface area contributed by atoms with Crippen LogP contribution in [0.25, 0.3) is 10.9 Å². The fourth-order valence-corrected chi connectivity index (χ4v) is 3.98. The van der Waals surface area contributed by atoms with Gasteiger partial charge in [-0.15, -0.1) is 0 Å². The van der Waals surface area contributed by atoms with Crippen LogP contribution in [0.5, 0.6) is 0 Å². The summed E-state index contributed by atoms with van der Waals surface area (Å²) in [4.78, 5) is 4.34. The second-order valence-electron chi connectivity index (χ2n) is 5.78. The van der Waals surface area contributed by atoms with E-state index in [0.29, 0.717) is 10.9 Å². The maximum atomic E-state index is 13.8. The zero-order chi connectivity index (χ0) is 18.2. The molecule has 3 aromatic rings. The van der Waals surface area contributed by atoms with E-state index in [0.717, 1.165) is 22.0 Å². The summed E-state index contributed by atoms with van der Waals surface area (Å²) >= 11 is 0. The minimum Gasteiger partial charge on any atom is -0.256 e. The molecular weight excluding hydrogens is 346 g/mol. The van der Waals surface area contributed by atoms with E-state index >= 15 is 0 Å². The lowest BCUT2D eigenvalue weighted by Crippen LogP contribution is -2.27. The van der Waals surface area contributed by atoms with E-state index in [1.54, 1.807) is 24.4 Å². The predicted octanol–water partition coefficient (Wildman–Crippen LogP) is 3.64. The van der Waals surface area contributed by atoms with Gasteiger partial charge in [0.05, 0.1) is 10.4 Å². The molecule has 0 aliphatic rings. The molecule has 1 aromatic heterocycles. The highest BCUT2D eigenvalue weighted by atomic mass is 32.2. The maximum Gasteiger partial charge on any atom is 0.243 e. The lowest BCUT2D eigenvalue weighted by atomic mass is 10.1. The normalized spacial score (nSPS) is 12.0. The van der Waals surface area contributed by atoms with E-state index < -0.39 is 21.7 Å². The number of rotatable bonds is 4. The molecule has 0 saturated carbocycles. The van der Waals surface area contributed by atoms with Crippen molar-refractivity contribution in [2.24, 2.45) is 0 Å². The summed E-state index contributed by atoms with van der Waals surface area (Å²) in [5.74, 6) is -1.49. The Bertz CT molecular complexity index is 1050. The van der Waals surface area contributed by atoms with Crippen molar-refractivity contribution in [1.29, 1.82) is 0 Å². The van der Waals surface area contributed by atoms with Gasteiger partial charge in [0.15, 0.2) is 0 Å². The molecule has 0 atom stereocenters. The monoisotopic (exact) mass is 362 g/mol. The third-order valence-electron chi connectivity index (χ3n) is 4.03. The van der Waals surface area contributed by atoms with Crippen LogP contribution in [0.15, 0.2) is 53.6 Å². The van der Waals surface area contributed by atoms with Crippen molar-refractivity contribution in [2.45, 2.75) is 18.4 Å². The number of benzene rings is 2. The van der Waals surface area contributed by atoms with Gasteiger partial charge in [-0.25, -0.2) is 17.2 Å². The molecule has 0 aliphatic carbocycles. The highest BCUT2D eigenvalue weighted by Gasteiger charge is 2.24. The number of sulfonamides is 1. The number of aromatic nitrogens is 1. The summed E-state index contributed by atoms with van der Waals surface area (Å²) in [6.07, 6.45) is 1.60. The smallest absolute Gasteiger partial charge is 0.243 e. The summed E-state index contributed by atoms with van der Waals surface area (Å²) < 4.78 is 53.8. The van der Waals surface area contributed by atoms with Crippen molar-refractivity contribution < 1.29 is 17.2 Å². The molecule has 0 spiro atoms. The van der Waals surface area contributed by atoms with E-state index in [9.17, 15) is 17.2 Å². The SMILES string of the molecule is Cc1ccc(S(=O)(=O)N(C)Cc2ccc(F)cc2F)c2cccnc12. The first kappa shape index (κ1) is 17.4. The molecule has 0 amide bonds. The Morgan fingerprint density at radius 3 is 2.60 bits per heavy atom. The summed E-state index contributed by atoms with van der Waals surface area (Å²) in [5.41, 5.74) is 1.56. The van der Waals surface area contributed by atoms with Gasteiger partial charge in [-0.1, -0.05) is 12.1 Å². The molecule has 0 saturated heterocycles. The van der Waals surface area contributed by atoms with E-state index in [4.69, 9.17) is 0 Å². The molecule has 25 heavy (non-hydrogen) atoms. The molecule has 1 heterocycles. The molecule has 4 nitrogen and oxygen atoms in total. The van der Waals surface area contributed by atoms with Crippen LogP contribution in [0.3, 0.4) is 0 Å². The van der Waals surface area contributed by atoms with Crippen molar-refractivity contribution in [3.05, 3.63) is 71.4 Å². The number of fused-ring (bicyclic) bond motifs is 1. The van der Waals surface area contributed by atoms with Gasteiger partial charge in [0.2, 0.25) is 10.0 Å². The average Bonchev–Trinajstić information content (AvgIpc) is 2.57. The Labute approximate surface area is 144 Å². The Morgan fingerprint density at radius 2 is 1.88 bits per heavy atom. The molecule has 0 radical (unpaired) electrons. The fourth-order valence-electron chi connectivity index (χ4n) is 2.66. The molecule has 0 fully saturated rings. The standard InChI is InChI=1S/C18H16F2N2O2S/c1-12-5-8-17(15-4-3-9-21-18(12)15)25(23,24)22(2)11-13-6-7-14(19)10-16(13)20/h3-10H,11H2,1-2H3. The van der Waals surface area contributed by atoms with Gasteiger partial charge in [0, 0.05) is 36.8 Å². The average molecular weight is 362 g/mol. The van der Waals surface area contributed by atoms with Gasteiger partial charge in [-0.2, -0.15) is 4.31 Å². The van der Waals surface area contributed by atoms with Crippen molar-refractivity contribution in [3.8, 4) is 0 Å². The summed E-state index contributed by atoms with van der Waals surface area (Å²) in [6.45, 7) is 1.65. The summed E-state index contributed by atoms with van der Waals surface area (Å²) in [6, 6.07) is 9.65. The molecule has 0 N–H and O–H groups in total. The lowest BCUT2D eigenvalue weighted by Gasteiger charge is -2.19. The second kappa shape index (κ2) is 6.50. The number of halogens is 2. The van der Waals surface area contributed by atoms with E-state index in [1.807, 2.05) is 6.92 Å². The topological polar surface area (TPSA) is 50.3 Å². The van der Waals surface area contributed by atoms with Crippen LogP contribution in [0.1, 0.15) is 11.1 Å². The van der Waals surface area contributed by atoms with Crippen LogP contribution in [0.4, 0.5) is 8.78 Å². The second-order valence-corrected chi connectivity index (χ2v) is 7.79. The summed E-state index contributed by atoms with van der Waals surface area (Å²) in [5, 5.41) is 0.508. The number of aryl methyl sites for hydroxylation is 1. The Kier molecular flexibility index (Phi) is 4.53. The quantitative estimate of drug-likeness (QED) is 0.712. The van der Waals surface area contributed by atoms with Crippen LogP contribution in [0.2, 0.25) is 0 Å². The van der Waals surface area contributed by atoms with Gasteiger partial charge in [0.25, 0.3) is 0 Å². The minimum atomic E-state index is -3.87. The van der Waals surface area contributed by atoms with E-state index in [1.165, 1.54) is 19.2 Å². The van der Waals surface area contributed by atoms with Crippen LogP contribution >= 0.6 is 0 Å². The number of pyridine rings is 1. The van der Waals surface area contributed by atoms with E-state index in [2.05, 4.69) is 4.98 Å². The Hall–Kier alpha value is -2.38. The van der Waals surface area contributed by atoms with Gasteiger partial charge in [-0.3, -0.25) is 4.98 Å².